The van der Waals surface area contributed by atoms with Crippen molar-refractivity contribution in [2.45, 2.75) is 69.6 Å². The SMILES string of the molecule is CCn1c(CN2CCCCCC2=O)nnc1S[C@@H](C)C(=O)NCc1ccc2c(c1)OCO2. The highest BCUT2D eigenvalue weighted by Gasteiger charge is 2.23. The lowest BCUT2D eigenvalue weighted by Crippen LogP contribution is -2.31. The quantitative estimate of drug-likeness (QED) is 0.606. The first-order valence-corrected chi connectivity index (χ1v) is 12.0. The number of carbonyl (C=O) groups excluding carboxylic acids is 2. The Balaban J connectivity index is 1.34. The molecule has 0 saturated carbocycles. The maximum Gasteiger partial charge on any atom is 0.233 e. The molecule has 1 saturated heterocycles. The topological polar surface area (TPSA) is 98.6 Å². The van der Waals surface area contributed by atoms with Crippen molar-refractivity contribution >= 4 is 23.6 Å². The number of carbonyl (C=O) groups is 2. The van der Waals surface area contributed by atoms with Crippen LogP contribution in [0.3, 0.4) is 0 Å². The number of nitrogens with one attached hydrogen (secondary N) is 1. The van der Waals surface area contributed by atoms with Gasteiger partial charge in [0, 0.05) is 26.1 Å². The van der Waals surface area contributed by atoms with E-state index in [1.165, 1.54) is 11.8 Å². The third-order valence-electron chi connectivity index (χ3n) is 5.67. The zero-order valence-electron chi connectivity index (χ0n) is 18.5. The fourth-order valence-corrected chi connectivity index (χ4v) is 4.77. The van der Waals surface area contributed by atoms with Crippen molar-refractivity contribution in [3.8, 4) is 11.5 Å². The maximum absolute atomic E-state index is 12.7. The number of thioether (sulfide) groups is 1. The molecular formula is C22H29N5O4S. The summed E-state index contributed by atoms with van der Waals surface area (Å²) in [5.41, 5.74) is 0.945. The molecule has 0 aliphatic carbocycles. The number of nitrogens with zero attached hydrogens (tertiary/aromatic N) is 4. The highest BCUT2D eigenvalue weighted by atomic mass is 32.2. The Morgan fingerprint density at radius 1 is 1.22 bits per heavy atom. The molecule has 32 heavy (non-hydrogen) atoms. The summed E-state index contributed by atoms with van der Waals surface area (Å²) in [6, 6.07) is 5.64. The standard InChI is InChI=1S/C22H29N5O4S/c1-3-27-19(13-26-10-6-4-5-7-20(26)28)24-25-22(27)32-15(2)21(29)23-12-16-8-9-17-18(11-16)31-14-30-17/h8-9,11,15H,3-7,10,12-14H2,1-2H3,(H,23,29)/t15-/m0/s1. The van der Waals surface area contributed by atoms with Crippen molar-refractivity contribution < 1.29 is 19.1 Å². The van der Waals surface area contributed by atoms with E-state index < -0.39 is 0 Å². The van der Waals surface area contributed by atoms with Crippen LogP contribution in [0.25, 0.3) is 0 Å². The first-order valence-electron chi connectivity index (χ1n) is 11.1. The molecule has 2 aliphatic heterocycles. The average Bonchev–Trinajstić information content (AvgIpc) is 3.36. The van der Waals surface area contributed by atoms with Crippen molar-refractivity contribution in [1.29, 1.82) is 0 Å². The molecule has 1 fully saturated rings. The normalized spacial score (nSPS) is 16.7. The summed E-state index contributed by atoms with van der Waals surface area (Å²) in [7, 11) is 0. The van der Waals surface area contributed by atoms with Crippen LogP contribution in [-0.4, -0.2) is 50.1 Å². The molecule has 10 heteroatoms. The van der Waals surface area contributed by atoms with Crippen molar-refractivity contribution in [1.82, 2.24) is 25.0 Å². The second-order valence-electron chi connectivity index (χ2n) is 7.93. The number of benzene rings is 1. The molecule has 0 bridgehead atoms. The summed E-state index contributed by atoms with van der Waals surface area (Å²) in [4.78, 5) is 26.9. The fourth-order valence-electron chi connectivity index (χ4n) is 3.81. The van der Waals surface area contributed by atoms with E-state index >= 15 is 0 Å². The summed E-state index contributed by atoms with van der Waals surface area (Å²) < 4.78 is 12.7. The minimum atomic E-state index is -0.342. The smallest absolute Gasteiger partial charge is 0.233 e. The molecular weight excluding hydrogens is 430 g/mol. The first kappa shape index (κ1) is 22.4. The lowest BCUT2D eigenvalue weighted by molar-refractivity contribution is -0.131. The minimum absolute atomic E-state index is 0.0810. The summed E-state index contributed by atoms with van der Waals surface area (Å²) in [5, 5.41) is 11.9. The molecule has 1 aromatic heterocycles. The van der Waals surface area contributed by atoms with Crippen LogP contribution in [-0.2, 0) is 29.2 Å². The molecule has 1 aromatic carbocycles. The Labute approximate surface area is 191 Å². The second-order valence-corrected chi connectivity index (χ2v) is 9.24. The molecule has 9 nitrogen and oxygen atoms in total. The molecule has 1 atom stereocenters. The van der Waals surface area contributed by atoms with Gasteiger partial charge in [0.15, 0.2) is 22.5 Å². The maximum atomic E-state index is 12.7. The molecule has 2 amide bonds. The van der Waals surface area contributed by atoms with Gasteiger partial charge in [-0.3, -0.25) is 9.59 Å². The highest BCUT2D eigenvalue weighted by molar-refractivity contribution is 8.00. The van der Waals surface area contributed by atoms with Crippen LogP contribution in [0.2, 0.25) is 0 Å². The number of rotatable bonds is 8. The van der Waals surface area contributed by atoms with Crippen LogP contribution in [0, 0.1) is 0 Å². The van der Waals surface area contributed by atoms with Gasteiger partial charge in [-0.15, -0.1) is 10.2 Å². The third kappa shape index (κ3) is 5.17. The number of likely N-dealkylation sites (tertiary alicyclic amines) is 1. The van der Waals surface area contributed by atoms with E-state index in [0.717, 1.165) is 42.9 Å². The Bertz CT molecular complexity index is 979. The lowest BCUT2D eigenvalue weighted by atomic mass is 10.2. The van der Waals surface area contributed by atoms with Gasteiger partial charge < -0.3 is 24.3 Å². The van der Waals surface area contributed by atoms with Gasteiger partial charge in [-0.1, -0.05) is 24.2 Å². The Morgan fingerprint density at radius 2 is 2.06 bits per heavy atom. The van der Waals surface area contributed by atoms with Gasteiger partial charge >= 0.3 is 0 Å². The van der Waals surface area contributed by atoms with Crippen LogP contribution in [0.5, 0.6) is 11.5 Å². The van der Waals surface area contributed by atoms with Crippen molar-refractivity contribution in [2.75, 3.05) is 13.3 Å². The van der Waals surface area contributed by atoms with E-state index in [2.05, 4.69) is 15.5 Å². The molecule has 2 aliphatic rings. The van der Waals surface area contributed by atoms with Crippen molar-refractivity contribution in [2.24, 2.45) is 0 Å². The van der Waals surface area contributed by atoms with Crippen LogP contribution in [0.4, 0.5) is 0 Å². The molecule has 0 radical (unpaired) electrons. The second kappa shape index (κ2) is 10.2. The van der Waals surface area contributed by atoms with Gasteiger partial charge in [-0.05, 0) is 44.4 Å². The van der Waals surface area contributed by atoms with Gasteiger partial charge in [-0.2, -0.15) is 0 Å². The number of amides is 2. The number of fused-ring (bicyclic) bond motifs is 1. The number of aromatic nitrogens is 3. The lowest BCUT2D eigenvalue weighted by Gasteiger charge is -2.20. The van der Waals surface area contributed by atoms with E-state index in [4.69, 9.17) is 9.47 Å². The molecule has 4 rings (SSSR count). The molecule has 172 valence electrons. The van der Waals surface area contributed by atoms with Crippen LogP contribution < -0.4 is 14.8 Å². The van der Waals surface area contributed by atoms with E-state index in [0.29, 0.717) is 37.0 Å². The average molecular weight is 460 g/mol. The largest absolute Gasteiger partial charge is 0.454 e. The number of hydrogen-bond acceptors (Lipinski definition) is 7. The Hall–Kier alpha value is -2.75. The summed E-state index contributed by atoms with van der Waals surface area (Å²) in [6.45, 7) is 6.41. The number of hydrogen-bond donors (Lipinski definition) is 1. The highest BCUT2D eigenvalue weighted by Crippen LogP contribution is 2.32. The van der Waals surface area contributed by atoms with Crippen molar-refractivity contribution in [3.63, 3.8) is 0 Å². The zero-order chi connectivity index (χ0) is 22.5. The summed E-state index contributed by atoms with van der Waals surface area (Å²) >= 11 is 1.38. The van der Waals surface area contributed by atoms with Gasteiger partial charge in [0.2, 0.25) is 18.6 Å². The summed E-state index contributed by atoms with van der Waals surface area (Å²) in [6.07, 6.45) is 3.66. The van der Waals surface area contributed by atoms with Gasteiger partial charge in [0.25, 0.3) is 0 Å². The molecule has 3 heterocycles. The monoisotopic (exact) mass is 459 g/mol. The van der Waals surface area contributed by atoms with Crippen LogP contribution in [0.1, 0.15) is 50.9 Å². The summed E-state index contributed by atoms with van der Waals surface area (Å²) in [5.74, 6) is 2.28. The first-order chi connectivity index (χ1) is 15.5. The van der Waals surface area contributed by atoms with Crippen molar-refractivity contribution in [3.05, 3.63) is 29.6 Å². The third-order valence-corrected chi connectivity index (χ3v) is 6.75. The molecule has 2 aromatic rings. The predicted octanol–water partition coefficient (Wildman–Crippen LogP) is 2.73. The van der Waals surface area contributed by atoms with Crippen LogP contribution >= 0.6 is 11.8 Å². The molecule has 0 spiro atoms. The Morgan fingerprint density at radius 3 is 2.91 bits per heavy atom. The van der Waals surface area contributed by atoms with E-state index in [1.54, 1.807) is 0 Å². The predicted molar refractivity (Wildman–Crippen MR) is 119 cm³/mol. The van der Waals surface area contributed by atoms with E-state index in [9.17, 15) is 9.59 Å². The minimum Gasteiger partial charge on any atom is -0.454 e. The Kier molecular flexibility index (Phi) is 7.19. The van der Waals surface area contributed by atoms with E-state index in [-0.39, 0.29) is 23.9 Å². The zero-order valence-corrected chi connectivity index (χ0v) is 19.3. The van der Waals surface area contributed by atoms with Crippen LogP contribution in [0.15, 0.2) is 23.4 Å². The van der Waals surface area contributed by atoms with E-state index in [1.807, 2.05) is 41.5 Å². The van der Waals surface area contributed by atoms with Gasteiger partial charge in [0.05, 0.1) is 11.8 Å². The number of ether oxygens (including phenoxy) is 2. The van der Waals surface area contributed by atoms with Gasteiger partial charge in [-0.25, -0.2) is 0 Å². The van der Waals surface area contributed by atoms with Gasteiger partial charge in [0.1, 0.15) is 0 Å². The molecule has 0 unspecified atom stereocenters. The molecule has 1 N–H and O–H groups in total. The fraction of sp³-hybridized carbons (Fsp3) is 0.545.